The third-order valence-electron chi connectivity index (χ3n) is 3.36. The predicted octanol–water partition coefficient (Wildman–Crippen LogP) is 4.50. The van der Waals surface area contributed by atoms with E-state index < -0.39 is 0 Å². The number of rotatable bonds is 11. The highest BCUT2D eigenvalue weighted by molar-refractivity contribution is 4.58. The summed E-state index contributed by atoms with van der Waals surface area (Å²) in [5.74, 6) is 0.971. The molecule has 0 fully saturated rings. The first kappa shape index (κ1) is 15.0. The zero-order valence-electron chi connectivity index (χ0n) is 10.9. The van der Waals surface area contributed by atoms with Crippen molar-refractivity contribution in [1.82, 2.24) is 0 Å². The average Bonchev–Trinajstić information content (AvgIpc) is 2.26. The van der Waals surface area contributed by atoms with E-state index in [9.17, 15) is 0 Å². The summed E-state index contributed by atoms with van der Waals surface area (Å²) in [6.45, 7) is 5.48. The molecule has 0 heterocycles. The molecule has 15 heavy (non-hydrogen) atoms. The van der Waals surface area contributed by atoms with Crippen molar-refractivity contribution < 1.29 is 0 Å². The third kappa shape index (κ3) is 10.2. The number of hydrogen-bond donors (Lipinski definition) is 1. The lowest BCUT2D eigenvalue weighted by atomic mass is 9.93. The minimum atomic E-state index is 0.868. The van der Waals surface area contributed by atoms with E-state index in [0.29, 0.717) is 0 Å². The molecular weight excluding hydrogens is 182 g/mol. The Kier molecular flexibility index (Phi) is 12.0. The van der Waals surface area contributed by atoms with E-state index in [4.69, 9.17) is 5.73 Å². The molecule has 0 aromatic heterocycles. The third-order valence-corrected chi connectivity index (χ3v) is 3.36. The normalized spacial score (nSPS) is 13.0. The molecule has 0 aliphatic heterocycles. The molecule has 0 aliphatic carbocycles. The molecule has 0 aliphatic rings. The standard InChI is InChI=1S/C14H31N/c1-3-5-6-7-8-11-14(4-2)12-9-10-13-15/h14H,3-13,15H2,1-2H3. The van der Waals surface area contributed by atoms with Gasteiger partial charge in [0.15, 0.2) is 0 Å². The topological polar surface area (TPSA) is 26.0 Å². The molecule has 0 bridgehead atoms. The Bertz CT molecular complexity index is 112. The van der Waals surface area contributed by atoms with Gasteiger partial charge in [-0.05, 0) is 18.9 Å². The van der Waals surface area contributed by atoms with Crippen LogP contribution in [0, 0.1) is 5.92 Å². The Hall–Kier alpha value is -0.0400. The van der Waals surface area contributed by atoms with Crippen LogP contribution in [0.4, 0.5) is 0 Å². The van der Waals surface area contributed by atoms with Gasteiger partial charge < -0.3 is 5.73 Å². The predicted molar refractivity (Wildman–Crippen MR) is 70.1 cm³/mol. The molecule has 1 atom stereocenters. The van der Waals surface area contributed by atoms with Gasteiger partial charge in [0, 0.05) is 0 Å². The van der Waals surface area contributed by atoms with Gasteiger partial charge in [0.2, 0.25) is 0 Å². The van der Waals surface area contributed by atoms with E-state index >= 15 is 0 Å². The highest BCUT2D eigenvalue weighted by Crippen LogP contribution is 2.20. The molecule has 0 saturated carbocycles. The summed E-state index contributed by atoms with van der Waals surface area (Å²) >= 11 is 0. The van der Waals surface area contributed by atoms with Crippen molar-refractivity contribution >= 4 is 0 Å². The smallest absolute Gasteiger partial charge is 0.00773 e. The fraction of sp³-hybridized carbons (Fsp3) is 1.00. The average molecular weight is 213 g/mol. The Morgan fingerprint density at radius 3 is 1.93 bits per heavy atom. The van der Waals surface area contributed by atoms with E-state index in [1.54, 1.807) is 0 Å². The van der Waals surface area contributed by atoms with Crippen LogP contribution in [0.25, 0.3) is 0 Å². The van der Waals surface area contributed by atoms with E-state index in [-0.39, 0.29) is 0 Å². The van der Waals surface area contributed by atoms with E-state index in [1.165, 1.54) is 64.2 Å². The van der Waals surface area contributed by atoms with Gasteiger partial charge in [-0.2, -0.15) is 0 Å². The highest BCUT2D eigenvalue weighted by Gasteiger charge is 2.05. The number of nitrogens with two attached hydrogens (primary N) is 1. The lowest BCUT2D eigenvalue weighted by Gasteiger charge is -2.14. The van der Waals surface area contributed by atoms with Gasteiger partial charge in [0.05, 0.1) is 0 Å². The van der Waals surface area contributed by atoms with Crippen LogP contribution in [0.5, 0.6) is 0 Å². The van der Waals surface area contributed by atoms with Crippen LogP contribution in [-0.4, -0.2) is 6.54 Å². The lowest BCUT2D eigenvalue weighted by molar-refractivity contribution is 0.398. The second-order valence-electron chi connectivity index (χ2n) is 4.76. The van der Waals surface area contributed by atoms with Gasteiger partial charge in [-0.3, -0.25) is 0 Å². The first-order chi connectivity index (χ1) is 7.35. The Morgan fingerprint density at radius 1 is 0.800 bits per heavy atom. The summed E-state index contributed by atoms with van der Waals surface area (Å²) in [6, 6.07) is 0. The first-order valence-corrected chi connectivity index (χ1v) is 7.05. The summed E-state index contributed by atoms with van der Waals surface area (Å²) in [5, 5.41) is 0. The largest absolute Gasteiger partial charge is 0.330 e. The van der Waals surface area contributed by atoms with Crippen molar-refractivity contribution in [3.8, 4) is 0 Å². The summed E-state index contributed by atoms with van der Waals surface area (Å²) in [4.78, 5) is 0. The lowest BCUT2D eigenvalue weighted by Crippen LogP contribution is -2.02. The Balaban J connectivity index is 3.28. The maximum absolute atomic E-state index is 5.51. The highest BCUT2D eigenvalue weighted by atomic mass is 14.5. The SMILES string of the molecule is CCCCCCCC(CC)CCCCN. The van der Waals surface area contributed by atoms with Crippen LogP contribution >= 0.6 is 0 Å². The first-order valence-electron chi connectivity index (χ1n) is 7.05. The van der Waals surface area contributed by atoms with E-state index in [2.05, 4.69) is 13.8 Å². The van der Waals surface area contributed by atoms with Gasteiger partial charge in [-0.1, -0.05) is 71.6 Å². The van der Waals surface area contributed by atoms with E-state index in [0.717, 1.165) is 12.5 Å². The number of unbranched alkanes of at least 4 members (excludes halogenated alkanes) is 5. The van der Waals surface area contributed by atoms with Gasteiger partial charge in [0.25, 0.3) is 0 Å². The molecule has 92 valence electrons. The zero-order chi connectivity index (χ0) is 11.4. The molecule has 0 spiro atoms. The minimum Gasteiger partial charge on any atom is -0.330 e. The van der Waals surface area contributed by atoms with Crippen molar-refractivity contribution in [3.63, 3.8) is 0 Å². The van der Waals surface area contributed by atoms with Crippen LogP contribution in [0.2, 0.25) is 0 Å². The summed E-state index contributed by atoms with van der Waals surface area (Å²) in [7, 11) is 0. The molecule has 1 unspecified atom stereocenters. The van der Waals surface area contributed by atoms with Gasteiger partial charge in [0.1, 0.15) is 0 Å². The van der Waals surface area contributed by atoms with Crippen molar-refractivity contribution in [1.29, 1.82) is 0 Å². The molecule has 0 amide bonds. The van der Waals surface area contributed by atoms with Crippen LogP contribution < -0.4 is 5.73 Å². The summed E-state index contributed by atoms with van der Waals surface area (Å²) in [5.41, 5.74) is 5.51. The molecule has 1 nitrogen and oxygen atoms in total. The summed E-state index contributed by atoms with van der Waals surface area (Å²) < 4.78 is 0. The molecule has 0 rings (SSSR count). The van der Waals surface area contributed by atoms with Crippen molar-refractivity contribution in [3.05, 3.63) is 0 Å². The number of hydrogen-bond acceptors (Lipinski definition) is 1. The maximum Gasteiger partial charge on any atom is -0.00773 e. The van der Waals surface area contributed by atoms with Crippen molar-refractivity contribution in [2.24, 2.45) is 11.7 Å². The second-order valence-corrected chi connectivity index (χ2v) is 4.76. The van der Waals surface area contributed by atoms with Crippen LogP contribution in [-0.2, 0) is 0 Å². The van der Waals surface area contributed by atoms with Crippen molar-refractivity contribution in [2.75, 3.05) is 6.54 Å². The summed E-state index contributed by atoms with van der Waals surface area (Å²) in [6.07, 6.45) is 13.9. The molecule has 0 aromatic carbocycles. The fourth-order valence-corrected chi connectivity index (χ4v) is 2.17. The monoisotopic (exact) mass is 213 g/mol. The fourth-order valence-electron chi connectivity index (χ4n) is 2.17. The molecule has 0 aromatic rings. The van der Waals surface area contributed by atoms with Gasteiger partial charge >= 0.3 is 0 Å². The zero-order valence-corrected chi connectivity index (χ0v) is 10.9. The van der Waals surface area contributed by atoms with Gasteiger partial charge in [-0.15, -0.1) is 0 Å². The molecule has 1 heteroatoms. The van der Waals surface area contributed by atoms with E-state index in [1.807, 2.05) is 0 Å². The Labute approximate surface area is 96.8 Å². The molecule has 0 saturated heterocycles. The van der Waals surface area contributed by atoms with Gasteiger partial charge in [-0.25, -0.2) is 0 Å². The molecule has 2 N–H and O–H groups in total. The quantitative estimate of drug-likeness (QED) is 0.502. The van der Waals surface area contributed by atoms with Crippen LogP contribution in [0.3, 0.4) is 0 Å². The molecular formula is C14H31N. The van der Waals surface area contributed by atoms with Crippen LogP contribution in [0.15, 0.2) is 0 Å². The Morgan fingerprint density at radius 2 is 1.40 bits per heavy atom. The molecule has 0 radical (unpaired) electrons. The maximum atomic E-state index is 5.51. The minimum absolute atomic E-state index is 0.868. The van der Waals surface area contributed by atoms with Crippen LogP contribution in [0.1, 0.15) is 78.1 Å². The van der Waals surface area contributed by atoms with Crippen molar-refractivity contribution in [2.45, 2.75) is 78.1 Å². The second kappa shape index (κ2) is 12.0.